The molecule has 2 heterocycles. The van der Waals surface area contributed by atoms with Crippen LogP contribution in [0, 0.1) is 11.8 Å². The molecule has 7 heteroatoms. The van der Waals surface area contributed by atoms with E-state index in [1.165, 1.54) is 83.5 Å². The van der Waals surface area contributed by atoms with E-state index >= 15 is 0 Å². The van der Waals surface area contributed by atoms with Crippen molar-refractivity contribution < 1.29 is 0 Å². The summed E-state index contributed by atoms with van der Waals surface area (Å²) in [6.07, 6.45) is 18.2. The molecular weight excluding hydrogens is 534 g/mol. The molecule has 0 amide bonds. The Morgan fingerprint density at radius 3 is 1.77 bits per heavy atom. The van der Waals surface area contributed by atoms with Crippen LogP contribution in [0.5, 0.6) is 0 Å². The van der Waals surface area contributed by atoms with Crippen LogP contribution in [0.25, 0.3) is 10.7 Å². The number of rotatable bonds is 5. The minimum atomic E-state index is -2.34. The van der Waals surface area contributed by atoms with Gasteiger partial charge >= 0.3 is 56.7 Å². The zero-order chi connectivity index (χ0) is 22.1. The molecule has 0 aromatic heterocycles. The molecule has 182 valence electrons. The van der Waals surface area contributed by atoms with Crippen molar-refractivity contribution in [3.8, 4) is 0 Å². The van der Waals surface area contributed by atoms with Crippen molar-refractivity contribution >= 4 is 34.0 Å². The first-order valence-corrected chi connectivity index (χ1v) is 24.6. The molecule has 0 spiro atoms. The van der Waals surface area contributed by atoms with E-state index < -0.39 is 16.1 Å². The predicted molar refractivity (Wildman–Crippen MR) is 138 cm³/mol. The van der Waals surface area contributed by atoms with Gasteiger partial charge in [-0.15, -0.1) is 12.6 Å². The van der Waals surface area contributed by atoms with Crippen molar-refractivity contribution in [2.24, 2.45) is 11.8 Å². The Hall–Kier alpha value is 1.22. The van der Waals surface area contributed by atoms with Crippen molar-refractivity contribution in [2.45, 2.75) is 130 Å². The average Bonchev–Trinajstić information content (AvgIpc) is 2.86. The number of hydrogen-bond donors (Lipinski definition) is 2. The first-order valence-electron chi connectivity index (χ1n) is 13.3. The van der Waals surface area contributed by atoms with Gasteiger partial charge < -0.3 is 21.5 Å². The molecule has 4 rings (SSSR count). The van der Waals surface area contributed by atoms with Crippen molar-refractivity contribution in [1.29, 1.82) is 0 Å². The summed E-state index contributed by atoms with van der Waals surface area (Å²) in [6, 6.07) is 1.59. The first kappa shape index (κ1) is 26.8. The van der Waals surface area contributed by atoms with Crippen LogP contribution in [-0.2, 0) is 0 Å². The molecule has 31 heavy (non-hydrogen) atoms. The molecular formula is C24H46Cl2N4Sn-2. The van der Waals surface area contributed by atoms with Crippen LogP contribution in [-0.4, -0.2) is 47.0 Å². The fraction of sp³-hybridized carbons (Fsp3) is 1.00. The number of halogens is 2. The molecule has 0 radical (unpaired) electrons. The zero-order valence-corrected chi connectivity index (χ0v) is 24.3. The summed E-state index contributed by atoms with van der Waals surface area (Å²) in [5.41, 5.74) is 8.59. The van der Waals surface area contributed by atoms with Crippen molar-refractivity contribution in [3.05, 3.63) is 10.7 Å². The fourth-order valence-corrected chi connectivity index (χ4v) is 7.34. The Bertz CT molecular complexity index is 486. The third-order valence-corrected chi connectivity index (χ3v) is 21.2. The molecule has 4 unspecified atom stereocenters. The van der Waals surface area contributed by atoms with Gasteiger partial charge in [0.25, 0.3) is 0 Å². The molecule has 0 aromatic carbocycles. The molecule has 4 fully saturated rings. The number of piperidine rings is 1. The Labute approximate surface area is 203 Å². The van der Waals surface area contributed by atoms with Gasteiger partial charge in [-0.1, -0.05) is 64.0 Å². The van der Waals surface area contributed by atoms with Gasteiger partial charge in [0.2, 0.25) is 0 Å². The van der Waals surface area contributed by atoms with Crippen LogP contribution >= 0.6 is 17.8 Å². The molecule has 4 nitrogen and oxygen atoms in total. The second-order valence-electron chi connectivity index (χ2n) is 10.2. The number of nitrogens with one attached hydrogen (secondary N) is 2. The Kier molecular flexibility index (Phi) is 12.1. The van der Waals surface area contributed by atoms with Crippen molar-refractivity contribution in [3.63, 3.8) is 0 Å². The monoisotopic (exact) mass is 580 g/mol. The van der Waals surface area contributed by atoms with Crippen molar-refractivity contribution in [2.75, 3.05) is 6.54 Å². The second kappa shape index (κ2) is 13.9. The summed E-state index contributed by atoms with van der Waals surface area (Å²) in [5, 5.41) is 8.89. The van der Waals surface area contributed by atoms with Crippen LogP contribution in [0.4, 0.5) is 0 Å². The molecule has 0 aromatic rings. The van der Waals surface area contributed by atoms with Gasteiger partial charge in [0.05, 0.1) is 0 Å². The Morgan fingerprint density at radius 1 is 0.742 bits per heavy atom. The van der Waals surface area contributed by atoms with Gasteiger partial charge in [-0.2, -0.15) is 0 Å². The summed E-state index contributed by atoms with van der Waals surface area (Å²) in [7, 11) is 11.8. The van der Waals surface area contributed by atoms with Crippen LogP contribution in [0.15, 0.2) is 0 Å². The molecule has 4 atom stereocenters. The van der Waals surface area contributed by atoms with Crippen LogP contribution in [0.1, 0.15) is 97.3 Å². The summed E-state index contributed by atoms with van der Waals surface area (Å²) in [6.45, 7) is 5.18. The molecule has 2 aliphatic carbocycles. The van der Waals surface area contributed by atoms with Gasteiger partial charge in [-0.25, -0.2) is 0 Å². The number of hydrogen-bond acceptors (Lipinski definition) is 2. The summed E-state index contributed by atoms with van der Waals surface area (Å²) in [5.74, 6) is 1.67. The summed E-state index contributed by atoms with van der Waals surface area (Å²) in [4.78, 5) is 0. The number of nitrogens with zero attached hydrogens (tertiary/aromatic N) is 2. The van der Waals surface area contributed by atoms with E-state index in [1.807, 2.05) is 0 Å². The van der Waals surface area contributed by atoms with E-state index in [0.717, 1.165) is 27.3 Å². The van der Waals surface area contributed by atoms with Crippen molar-refractivity contribution in [1.82, 2.24) is 10.7 Å². The fourth-order valence-electron chi connectivity index (χ4n) is 5.92. The van der Waals surface area contributed by atoms with Gasteiger partial charge in [-0.05, 0) is 37.5 Å². The topological polar surface area (TPSA) is 52.3 Å². The first-order chi connectivity index (χ1) is 15.0. The van der Waals surface area contributed by atoms with Crippen LogP contribution in [0.3, 0.4) is 0 Å². The van der Waals surface area contributed by atoms with Gasteiger partial charge in [0.1, 0.15) is 0 Å². The van der Waals surface area contributed by atoms with E-state index in [9.17, 15) is 0 Å². The SMILES string of the molecule is C1CCC(C2N[N-]C(C3CCCC[N-]3)NC2C2CCCCC2)CC1.C[CH2][Sn]([Cl])([Cl])[CH2]C. The Morgan fingerprint density at radius 2 is 1.29 bits per heavy atom. The van der Waals surface area contributed by atoms with Gasteiger partial charge in [-0.3, -0.25) is 0 Å². The standard InChI is InChI=1S/C20H36N4.2C2H5.2ClH.Sn/c1-3-9-15(10-4-1)18-19(16-11-5-2-6-12-16)23-24-20(22-18)17-13-7-8-14-21-17;2*1-2;;;/h15-20,22-23H,1-14H2;2*1H2,2H3;2*1H;/q-2;;;;;+2/p-2. The van der Waals surface area contributed by atoms with E-state index in [1.54, 1.807) is 0 Å². The minimum absolute atomic E-state index is 0.220. The molecule has 2 saturated heterocycles. The molecule has 2 aliphatic heterocycles. The van der Waals surface area contributed by atoms with E-state index in [0.29, 0.717) is 18.1 Å². The van der Waals surface area contributed by atoms with Gasteiger partial charge in [0.15, 0.2) is 0 Å². The molecule has 4 aliphatic rings. The van der Waals surface area contributed by atoms with Crippen LogP contribution in [0.2, 0.25) is 8.87 Å². The molecule has 2 N–H and O–H groups in total. The predicted octanol–water partition coefficient (Wildman–Crippen LogP) is 7.56. The third-order valence-electron chi connectivity index (χ3n) is 8.10. The molecule has 0 bridgehead atoms. The van der Waals surface area contributed by atoms with E-state index in [2.05, 4.69) is 24.6 Å². The normalized spacial score (nSPS) is 34.1. The average molecular weight is 580 g/mol. The van der Waals surface area contributed by atoms with Gasteiger partial charge in [0, 0.05) is 12.1 Å². The quantitative estimate of drug-likeness (QED) is 0.330. The maximum atomic E-state index is 5.88. The zero-order valence-electron chi connectivity index (χ0n) is 19.9. The van der Waals surface area contributed by atoms with E-state index in [-0.39, 0.29) is 6.17 Å². The summed E-state index contributed by atoms with van der Waals surface area (Å²) < 4.78 is 2.07. The third kappa shape index (κ3) is 8.43. The molecule has 2 saturated carbocycles. The maximum absolute atomic E-state index is 5.88. The second-order valence-corrected chi connectivity index (χ2v) is 30.2. The summed E-state index contributed by atoms with van der Waals surface area (Å²) >= 11 is -2.34. The van der Waals surface area contributed by atoms with E-state index in [4.69, 9.17) is 28.6 Å². The van der Waals surface area contributed by atoms with Crippen LogP contribution < -0.4 is 10.7 Å². The Balaban J connectivity index is 0.000000339.